The molecule has 48 valence electrons. The van der Waals surface area contributed by atoms with Gasteiger partial charge in [-0.15, -0.1) is 0 Å². The predicted molar refractivity (Wildman–Crippen MR) is 37.5 cm³/mol. The zero-order valence-electron chi connectivity index (χ0n) is 4.26. The second-order valence-electron chi connectivity index (χ2n) is 1.16. The van der Waals surface area contributed by atoms with Crippen LogP contribution in [-0.4, -0.2) is 22.3 Å². The molecular formula is C4H7IO3. The third-order valence-corrected chi connectivity index (χ3v) is 1.27. The van der Waals surface area contributed by atoms with Crippen molar-refractivity contribution in [1.29, 1.82) is 0 Å². The number of carboxylic acid groups (broad SMARTS) is 1. The summed E-state index contributed by atoms with van der Waals surface area (Å²) >= 11 is 2.16. The van der Waals surface area contributed by atoms with Gasteiger partial charge in [-0.1, -0.05) is 22.6 Å². The van der Waals surface area contributed by atoms with Crippen LogP contribution in [0.4, 0.5) is 4.79 Å². The summed E-state index contributed by atoms with van der Waals surface area (Å²) in [6, 6.07) is 0. The molecule has 8 heavy (non-hydrogen) atoms. The molecule has 0 aromatic carbocycles. The molecule has 0 spiro atoms. The van der Waals surface area contributed by atoms with E-state index in [0.29, 0.717) is 6.61 Å². The van der Waals surface area contributed by atoms with E-state index < -0.39 is 6.16 Å². The number of ether oxygens (including phenoxy) is 1. The van der Waals surface area contributed by atoms with Gasteiger partial charge in [0, 0.05) is 4.43 Å². The number of hydrogen-bond acceptors (Lipinski definition) is 2. The van der Waals surface area contributed by atoms with E-state index in [-0.39, 0.29) is 0 Å². The van der Waals surface area contributed by atoms with Gasteiger partial charge < -0.3 is 9.84 Å². The lowest BCUT2D eigenvalue weighted by Crippen LogP contribution is -2.01. The second kappa shape index (κ2) is 5.14. The lowest BCUT2D eigenvalue weighted by molar-refractivity contribution is 0.0922. The van der Waals surface area contributed by atoms with E-state index in [1.165, 1.54) is 0 Å². The number of hydrogen-bond donors (Lipinski definition) is 1. The molecule has 0 bridgehead atoms. The standard InChI is InChI=1S/C4H7IO3/c5-2-1-3-8-4(6)7/h1-3H2,(H,6,7). The van der Waals surface area contributed by atoms with Crippen molar-refractivity contribution in [2.75, 3.05) is 11.0 Å². The molecule has 0 unspecified atom stereocenters. The fourth-order valence-electron chi connectivity index (χ4n) is 0.214. The summed E-state index contributed by atoms with van der Waals surface area (Å²) < 4.78 is 5.13. The van der Waals surface area contributed by atoms with Crippen molar-refractivity contribution in [3.8, 4) is 0 Å². The average Bonchev–Trinajstić information content (AvgIpc) is 1.66. The Hall–Kier alpha value is 0. The molecule has 3 nitrogen and oxygen atoms in total. The highest BCUT2D eigenvalue weighted by Crippen LogP contribution is 1.88. The van der Waals surface area contributed by atoms with Crippen molar-refractivity contribution in [2.24, 2.45) is 0 Å². The Bertz CT molecular complexity index is 73.7. The molecule has 0 radical (unpaired) electrons. The van der Waals surface area contributed by atoms with Crippen molar-refractivity contribution < 1.29 is 14.6 Å². The average molecular weight is 230 g/mol. The van der Waals surface area contributed by atoms with Crippen LogP contribution in [0.25, 0.3) is 0 Å². The fourth-order valence-corrected chi connectivity index (χ4v) is 0.525. The first kappa shape index (κ1) is 8.00. The van der Waals surface area contributed by atoms with Gasteiger partial charge in [0.15, 0.2) is 0 Å². The molecule has 0 fully saturated rings. The van der Waals surface area contributed by atoms with Crippen LogP contribution in [0.15, 0.2) is 0 Å². The van der Waals surface area contributed by atoms with Gasteiger partial charge in [0.2, 0.25) is 0 Å². The van der Waals surface area contributed by atoms with E-state index in [9.17, 15) is 4.79 Å². The summed E-state index contributed by atoms with van der Waals surface area (Å²) in [6.45, 7) is 0.318. The summed E-state index contributed by atoms with van der Waals surface area (Å²) in [4.78, 5) is 9.65. The first-order chi connectivity index (χ1) is 3.77. The lowest BCUT2D eigenvalue weighted by Gasteiger charge is -1.94. The summed E-state index contributed by atoms with van der Waals surface area (Å²) in [5.41, 5.74) is 0. The minimum Gasteiger partial charge on any atom is -0.450 e. The van der Waals surface area contributed by atoms with Crippen LogP contribution in [-0.2, 0) is 4.74 Å². The van der Waals surface area contributed by atoms with Gasteiger partial charge in [-0.05, 0) is 6.42 Å². The van der Waals surface area contributed by atoms with Crippen molar-refractivity contribution >= 4 is 28.7 Å². The zero-order chi connectivity index (χ0) is 6.41. The van der Waals surface area contributed by atoms with Crippen LogP contribution in [0.2, 0.25) is 0 Å². The maximum Gasteiger partial charge on any atom is 0.505 e. The first-order valence-corrected chi connectivity index (χ1v) is 3.71. The van der Waals surface area contributed by atoms with Gasteiger partial charge in [-0.3, -0.25) is 0 Å². The van der Waals surface area contributed by atoms with E-state index in [0.717, 1.165) is 10.8 Å². The highest BCUT2D eigenvalue weighted by Gasteiger charge is 1.92. The maximum absolute atomic E-state index is 9.65. The third-order valence-electron chi connectivity index (χ3n) is 0.504. The van der Waals surface area contributed by atoms with Crippen molar-refractivity contribution in [3.05, 3.63) is 0 Å². The number of rotatable bonds is 3. The van der Waals surface area contributed by atoms with Crippen LogP contribution in [0.1, 0.15) is 6.42 Å². The largest absolute Gasteiger partial charge is 0.505 e. The smallest absolute Gasteiger partial charge is 0.450 e. The quantitative estimate of drug-likeness (QED) is 0.346. The Morgan fingerprint density at radius 1 is 1.75 bits per heavy atom. The molecule has 0 aliphatic carbocycles. The van der Waals surface area contributed by atoms with Crippen LogP contribution in [0, 0.1) is 0 Å². The van der Waals surface area contributed by atoms with Gasteiger partial charge >= 0.3 is 6.16 Å². The molecule has 0 aliphatic rings. The van der Waals surface area contributed by atoms with E-state index in [1.54, 1.807) is 0 Å². The Kier molecular flexibility index (Phi) is 5.14. The molecule has 4 heteroatoms. The van der Waals surface area contributed by atoms with Crippen LogP contribution < -0.4 is 0 Å². The van der Waals surface area contributed by atoms with Crippen LogP contribution >= 0.6 is 22.6 Å². The van der Waals surface area contributed by atoms with Crippen LogP contribution in [0.3, 0.4) is 0 Å². The van der Waals surface area contributed by atoms with E-state index >= 15 is 0 Å². The Morgan fingerprint density at radius 3 is 2.75 bits per heavy atom. The molecule has 0 aromatic heterocycles. The fraction of sp³-hybridized carbons (Fsp3) is 0.750. The molecule has 0 saturated heterocycles. The topological polar surface area (TPSA) is 46.5 Å². The molecule has 1 N–H and O–H groups in total. The summed E-state index contributed by atoms with van der Waals surface area (Å²) in [5.74, 6) is 0. The van der Waals surface area contributed by atoms with Gasteiger partial charge in [0.05, 0.1) is 6.61 Å². The minimum absolute atomic E-state index is 0.318. The Labute approximate surface area is 61.2 Å². The third kappa shape index (κ3) is 6.00. The molecule has 0 amide bonds. The van der Waals surface area contributed by atoms with E-state index in [1.807, 2.05) is 0 Å². The molecule has 0 atom stereocenters. The molecule has 0 saturated carbocycles. The maximum atomic E-state index is 9.65. The minimum atomic E-state index is -1.19. The van der Waals surface area contributed by atoms with Crippen molar-refractivity contribution in [1.82, 2.24) is 0 Å². The van der Waals surface area contributed by atoms with E-state index in [2.05, 4.69) is 27.3 Å². The zero-order valence-corrected chi connectivity index (χ0v) is 6.42. The molecule has 0 aromatic rings. The molecule has 0 heterocycles. The SMILES string of the molecule is O=C(O)OCCCI. The van der Waals surface area contributed by atoms with Gasteiger partial charge in [-0.2, -0.15) is 0 Å². The number of carbonyl (C=O) groups is 1. The number of halogens is 1. The highest BCUT2D eigenvalue weighted by molar-refractivity contribution is 14.1. The monoisotopic (exact) mass is 230 g/mol. The first-order valence-electron chi connectivity index (χ1n) is 2.19. The van der Waals surface area contributed by atoms with E-state index in [4.69, 9.17) is 5.11 Å². The van der Waals surface area contributed by atoms with Gasteiger partial charge in [0.25, 0.3) is 0 Å². The molecular weight excluding hydrogens is 223 g/mol. The van der Waals surface area contributed by atoms with Crippen molar-refractivity contribution in [2.45, 2.75) is 6.42 Å². The summed E-state index contributed by atoms with van der Waals surface area (Å²) in [6.07, 6.45) is -0.387. The second-order valence-corrected chi connectivity index (χ2v) is 2.24. The molecule has 0 rings (SSSR count). The Balaban J connectivity index is 2.82. The van der Waals surface area contributed by atoms with Crippen LogP contribution in [0.5, 0.6) is 0 Å². The predicted octanol–water partition coefficient (Wildman–Crippen LogP) is 1.51. The normalized spacial score (nSPS) is 8.62. The van der Waals surface area contributed by atoms with Gasteiger partial charge in [0.1, 0.15) is 0 Å². The van der Waals surface area contributed by atoms with Gasteiger partial charge in [-0.25, -0.2) is 4.79 Å². The summed E-state index contributed by atoms with van der Waals surface area (Å²) in [5, 5.41) is 7.92. The highest BCUT2D eigenvalue weighted by atomic mass is 127. The molecule has 0 aliphatic heterocycles. The summed E-state index contributed by atoms with van der Waals surface area (Å²) in [7, 11) is 0. The lowest BCUT2D eigenvalue weighted by atomic mass is 10.5. The Morgan fingerprint density at radius 2 is 2.38 bits per heavy atom. The van der Waals surface area contributed by atoms with Crippen molar-refractivity contribution in [3.63, 3.8) is 0 Å². The number of alkyl halides is 1.